The van der Waals surface area contributed by atoms with Crippen LogP contribution in [-0.4, -0.2) is 16.2 Å². The van der Waals surface area contributed by atoms with Crippen LogP contribution < -0.4 is 0 Å². The standard InChI is InChI=1S/C17H26O3/c1-7-11-8-12(15(19)20)13(9-14(11)18)17(5,6)10-16(2,3)4/h8-9,18H,7,10H2,1-6H3,(H,19,20). The Hall–Kier alpha value is -1.51. The first-order chi connectivity index (χ1) is 8.98. The van der Waals surface area contributed by atoms with E-state index in [4.69, 9.17) is 0 Å². The molecule has 2 N–H and O–H groups in total. The van der Waals surface area contributed by atoms with Gasteiger partial charge in [0.1, 0.15) is 5.75 Å². The zero-order valence-electron chi connectivity index (χ0n) is 13.4. The highest BCUT2D eigenvalue weighted by Crippen LogP contribution is 2.39. The molecule has 0 amide bonds. The molecule has 0 saturated carbocycles. The molecule has 0 bridgehead atoms. The fourth-order valence-electron chi connectivity index (χ4n) is 3.07. The Labute approximate surface area is 121 Å². The summed E-state index contributed by atoms with van der Waals surface area (Å²) in [5.74, 6) is -0.744. The van der Waals surface area contributed by atoms with E-state index < -0.39 is 5.97 Å². The highest BCUT2D eigenvalue weighted by molar-refractivity contribution is 5.90. The number of aromatic carboxylic acids is 1. The van der Waals surface area contributed by atoms with Crippen molar-refractivity contribution in [3.63, 3.8) is 0 Å². The molecule has 0 atom stereocenters. The summed E-state index contributed by atoms with van der Waals surface area (Å²) < 4.78 is 0. The van der Waals surface area contributed by atoms with Crippen molar-refractivity contribution in [2.24, 2.45) is 5.41 Å². The number of hydrogen-bond acceptors (Lipinski definition) is 2. The molecule has 1 aromatic carbocycles. The summed E-state index contributed by atoms with van der Waals surface area (Å²) >= 11 is 0. The number of hydrogen-bond donors (Lipinski definition) is 2. The Morgan fingerprint density at radius 1 is 1.15 bits per heavy atom. The minimum atomic E-state index is -0.934. The lowest BCUT2D eigenvalue weighted by Gasteiger charge is -2.34. The number of aromatic hydroxyl groups is 1. The van der Waals surface area contributed by atoms with E-state index in [2.05, 4.69) is 20.8 Å². The number of rotatable bonds is 4. The van der Waals surface area contributed by atoms with E-state index in [9.17, 15) is 15.0 Å². The second-order valence-electron chi connectivity index (χ2n) is 7.31. The molecule has 1 aromatic rings. The second-order valence-corrected chi connectivity index (χ2v) is 7.31. The molecule has 0 aliphatic heterocycles. The van der Waals surface area contributed by atoms with Crippen molar-refractivity contribution >= 4 is 5.97 Å². The summed E-state index contributed by atoms with van der Waals surface area (Å²) in [5.41, 5.74) is 1.45. The highest BCUT2D eigenvalue weighted by Gasteiger charge is 2.31. The van der Waals surface area contributed by atoms with Gasteiger partial charge in [-0.2, -0.15) is 0 Å². The van der Waals surface area contributed by atoms with Crippen LogP contribution in [0.1, 0.15) is 69.4 Å². The molecule has 0 radical (unpaired) electrons. The van der Waals surface area contributed by atoms with Crippen LogP contribution in [0.3, 0.4) is 0 Å². The smallest absolute Gasteiger partial charge is 0.335 e. The van der Waals surface area contributed by atoms with Gasteiger partial charge in [-0.25, -0.2) is 4.79 Å². The van der Waals surface area contributed by atoms with Crippen LogP contribution in [0, 0.1) is 5.41 Å². The average Bonchev–Trinajstić information content (AvgIpc) is 2.24. The van der Waals surface area contributed by atoms with Gasteiger partial charge in [-0.1, -0.05) is 41.5 Å². The Morgan fingerprint density at radius 2 is 1.70 bits per heavy atom. The third-order valence-electron chi connectivity index (χ3n) is 3.53. The second kappa shape index (κ2) is 5.47. The van der Waals surface area contributed by atoms with Gasteiger partial charge in [0.05, 0.1) is 5.56 Å². The highest BCUT2D eigenvalue weighted by atomic mass is 16.4. The molecular weight excluding hydrogens is 252 g/mol. The van der Waals surface area contributed by atoms with Gasteiger partial charge in [-0.3, -0.25) is 0 Å². The minimum absolute atomic E-state index is 0.0817. The number of benzene rings is 1. The van der Waals surface area contributed by atoms with Crippen molar-refractivity contribution in [2.75, 3.05) is 0 Å². The fourth-order valence-corrected chi connectivity index (χ4v) is 3.07. The molecule has 0 aromatic heterocycles. The Morgan fingerprint density at radius 3 is 2.10 bits per heavy atom. The number of carboxylic acids is 1. The average molecular weight is 278 g/mol. The molecule has 3 heteroatoms. The summed E-state index contributed by atoms with van der Waals surface area (Å²) in [7, 11) is 0. The number of carboxylic acid groups (broad SMARTS) is 1. The van der Waals surface area contributed by atoms with Gasteiger partial charge in [-0.15, -0.1) is 0 Å². The molecule has 112 valence electrons. The molecule has 1 rings (SSSR count). The lowest BCUT2D eigenvalue weighted by atomic mass is 9.70. The van der Waals surface area contributed by atoms with Crippen molar-refractivity contribution in [1.82, 2.24) is 0 Å². The maximum Gasteiger partial charge on any atom is 0.335 e. The third kappa shape index (κ3) is 3.75. The quantitative estimate of drug-likeness (QED) is 0.860. The normalized spacial score (nSPS) is 12.5. The number of aryl methyl sites for hydroxylation is 1. The van der Waals surface area contributed by atoms with Crippen LogP contribution in [0.4, 0.5) is 0 Å². The summed E-state index contributed by atoms with van der Waals surface area (Å²) in [6.07, 6.45) is 1.46. The van der Waals surface area contributed by atoms with Crippen molar-refractivity contribution < 1.29 is 15.0 Å². The fraction of sp³-hybridized carbons (Fsp3) is 0.588. The van der Waals surface area contributed by atoms with Gasteiger partial charge < -0.3 is 10.2 Å². The summed E-state index contributed by atoms with van der Waals surface area (Å²) in [6.45, 7) is 12.4. The van der Waals surface area contributed by atoms with E-state index >= 15 is 0 Å². The Bertz CT molecular complexity index is 508. The summed E-state index contributed by atoms with van der Waals surface area (Å²) in [4.78, 5) is 11.5. The summed E-state index contributed by atoms with van der Waals surface area (Å²) in [6, 6.07) is 3.24. The van der Waals surface area contributed by atoms with Gasteiger partial charge >= 0.3 is 5.97 Å². The Balaban J connectivity index is 3.43. The molecule has 3 nitrogen and oxygen atoms in total. The maximum atomic E-state index is 11.5. The monoisotopic (exact) mass is 278 g/mol. The van der Waals surface area contributed by atoms with E-state index in [1.807, 2.05) is 20.8 Å². The summed E-state index contributed by atoms with van der Waals surface area (Å²) in [5, 5.41) is 19.5. The molecule has 0 fully saturated rings. The number of carbonyl (C=O) groups is 1. The van der Waals surface area contributed by atoms with Crippen LogP contribution in [0.5, 0.6) is 5.75 Å². The van der Waals surface area contributed by atoms with Gasteiger partial charge in [0.25, 0.3) is 0 Å². The molecule has 0 heterocycles. The van der Waals surface area contributed by atoms with Gasteiger partial charge in [0.15, 0.2) is 0 Å². The van der Waals surface area contributed by atoms with Crippen LogP contribution >= 0.6 is 0 Å². The lowest BCUT2D eigenvalue weighted by molar-refractivity contribution is 0.0692. The van der Waals surface area contributed by atoms with E-state index in [1.165, 1.54) is 0 Å². The molecule has 0 aliphatic carbocycles. The molecule has 20 heavy (non-hydrogen) atoms. The first-order valence-electron chi connectivity index (χ1n) is 7.07. The van der Waals surface area contributed by atoms with E-state index in [0.29, 0.717) is 23.1 Å². The lowest BCUT2D eigenvalue weighted by Crippen LogP contribution is -2.27. The molecule has 0 aliphatic rings. The molecule has 0 spiro atoms. The van der Waals surface area contributed by atoms with Crippen LogP contribution in [0.15, 0.2) is 12.1 Å². The molecule has 0 saturated heterocycles. The largest absolute Gasteiger partial charge is 0.508 e. The van der Waals surface area contributed by atoms with Gasteiger partial charge in [0, 0.05) is 0 Å². The van der Waals surface area contributed by atoms with Crippen LogP contribution in [0.2, 0.25) is 0 Å². The predicted molar refractivity (Wildman–Crippen MR) is 81.5 cm³/mol. The van der Waals surface area contributed by atoms with Crippen molar-refractivity contribution in [3.8, 4) is 5.75 Å². The van der Waals surface area contributed by atoms with E-state index in [0.717, 1.165) is 6.42 Å². The maximum absolute atomic E-state index is 11.5. The first-order valence-corrected chi connectivity index (χ1v) is 7.07. The topological polar surface area (TPSA) is 57.5 Å². The zero-order chi connectivity index (χ0) is 15.7. The molecular formula is C17H26O3. The van der Waals surface area contributed by atoms with E-state index in [1.54, 1.807) is 12.1 Å². The SMILES string of the molecule is CCc1cc(C(=O)O)c(C(C)(C)CC(C)(C)C)cc1O. The predicted octanol–water partition coefficient (Wildman–Crippen LogP) is 4.37. The number of phenols is 1. The third-order valence-corrected chi connectivity index (χ3v) is 3.53. The van der Waals surface area contributed by atoms with Gasteiger partial charge in [-0.05, 0) is 46.9 Å². The Kier molecular flexibility index (Phi) is 4.52. The first kappa shape index (κ1) is 16.5. The number of phenolic OH excluding ortho intramolecular Hbond substituents is 1. The van der Waals surface area contributed by atoms with Crippen molar-refractivity contribution in [3.05, 3.63) is 28.8 Å². The van der Waals surface area contributed by atoms with E-state index in [-0.39, 0.29) is 16.6 Å². The van der Waals surface area contributed by atoms with Crippen molar-refractivity contribution in [2.45, 2.75) is 59.8 Å². The van der Waals surface area contributed by atoms with Crippen LogP contribution in [0.25, 0.3) is 0 Å². The zero-order valence-corrected chi connectivity index (χ0v) is 13.4. The molecule has 0 unspecified atom stereocenters. The van der Waals surface area contributed by atoms with Crippen molar-refractivity contribution in [1.29, 1.82) is 0 Å². The van der Waals surface area contributed by atoms with Crippen LogP contribution in [-0.2, 0) is 11.8 Å². The minimum Gasteiger partial charge on any atom is -0.508 e. The van der Waals surface area contributed by atoms with Gasteiger partial charge in [0.2, 0.25) is 0 Å².